The lowest BCUT2D eigenvalue weighted by atomic mass is 10.0. The minimum atomic E-state index is -0.767. The number of hydrogen-bond donors (Lipinski definition) is 1. The molecule has 4 rings (SSSR count). The van der Waals surface area contributed by atoms with Gasteiger partial charge in [-0.05, 0) is 54.7 Å². The first-order chi connectivity index (χ1) is 17.5. The molecule has 0 saturated carbocycles. The number of carbonyl (C=O) groups is 2. The lowest BCUT2D eigenvalue weighted by molar-refractivity contribution is -0.122. The molecule has 6 heteroatoms. The third-order valence-corrected chi connectivity index (χ3v) is 6.72. The highest BCUT2D eigenvalue weighted by atomic mass is 32.1. The number of aryl methyl sites for hydroxylation is 1. The van der Waals surface area contributed by atoms with Crippen molar-refractivity contribution >= 4 is 28.2 Å². The number of rotatable bonds is 9. The van der Waals surface area contributed by atoms with E-state index >= 15 is 0 Å². The van der Waals surface area contributed by atoms with Crippen molar-refractivity contribution in [3.63, 3.8) is 0 Å². The monoisotopic (exact) mass is 499 g/mol. The van der Waals surface area contributed by atoms with Gasteiger partial charge in [0, 0.05) is 10.9 Å². The topological polar surface area (TPSA) is 64.6 Å². The number of ether oxygens (including phenoxy) is 2. The van der Waals surface area contributed by atoms with Gasteiger partial charge in [-0.2, -0.15) is 0 Å². The largest absolute Gasteiger partial charge is 0.481 e. The molecule has 3 aromatic carbocycles. The molecule has 1 heterocycles. The lowest BCUT2D eigenvalue weighted by Crippen LogP contribution is -2.30. The molecule has 1 amide bonds. The van der Waals surface area contributed by atoms with Crippen LogP contribution in [0.2, 0.25) is 0 Å². The summed E-state index contributed by atoms with van der Waals surface area (Å²) in [6.07, 6.45) is 0.167. The van der Waals surface area contributed by atoms with Crippen LogP contribution in [0.5, 0.6) is 5.75 Å². The van der Waals surface area contributed by atoms with E-state index in [9.17, 15) is 9.59 Å². The van der Waals surface area contributed by atoms with Gasteiger partial charge >= 0.3 is 5.97 Å². The Balaban J connectivity index is 1.50. The summed E-state index contributed by atoms with van der Waals surface area (Å²) in [4.78, 5) is 25.8. The van der Waals surface area contributed by atoms with Crippen molar-refractivity contribution in [1.29, 1.82) is 0 Å². The molecule has 4 aromatic rings. The van der Waals surface area contributed by atoms with Gasteiger partial charge in [-0.1, -0.05) is 73.7 Å². The predicted octanol–water partition coefficient (Wildman–Crippen LogP) is 7.23. The van der Waals surface area contributed by atoms with Crippen molar-refractivity contribution in [2.45, 2.75) is 33.3 Å². The van der Waals surface area contributed by atoms with Crippen LogP contribution in [0.25, 0.3) is 22.3 Å². The molecule has 36 heavy (non-hydrogen) atoms. The van der Waals surface area contributed by atoms with E-state index in [2.05, 4.69) is 12.2 Å². The maximum absolute atomic E-state index is 13.0. The van der Waals surface area contributed by atoms with E-state index in [0.29, 0.717) is 16.3 Å². The Bertz CT molecular complexity index is 1310. The quantitative estimate of drug-likeness (QED) is 0.247. The van der Waals surface area contributed by atoms with Gasteiger partial charge < -0.3 is 14.8 Å². The third-order valence-electron chi connectivity index (χ3n) is 5.82. The second-order valence-electron chi connectivity index (χ2n) is 8.26. The average Bonchev–Trinajstić information content (AvgIpc) is 3.33. The van der Waals surface area contributed by atoms with E-state index in [1.165, 1.54) is 16.9 Å². The van der Waals surface area contributed by atoms with Crippen LogP contribution < -0.4 is 10.1 Å². The van der Waals surface area contributed by atoms with Gasteiger partial charge in [0.2, 0.25) is 0 Å². The van der Waals surface area contributed by atoms with Crippen LogP contribution in [0.3, 0.4) is 0 Å². The zero-order valence-electron chi connectivity index (χ0n) is 20.6. The molecule has 0 saturated heterocycles. The molecule has 0 fully saturated rings. The summed E-state index contributed by atoms with van der Waals surface area (Å²) in [6, 6.07) is 25.7. The molecule has 0 bridgehead atoms. The first-order valence-corrected chi connectivity index (χ1v) is 12.9. The normalized spacial score (nSPS) is 11.5. The van der Waals surface area contributed by atoms with E-state index in [1.807, 2.05) is 84.2 Å². The highest BCUT2D eigenvalue weighted by Crippen LogP contribution is 2.36. The zero-order chi connectivity index (χ0) is 25.5. The maximum Gasteiger partial charge on any atom is 0.341 e. The van der Waals surface area contributed by atoms with Gasteiger partial charge in [-0.25, -0.2) is 4.79 Å². The maximum atomic E-state index is 13.0. The Morgan fingerprint density at radius 3 is 2.14 bits per heavy atom. The van der Waals surface area contributed by atoms with Gasteiger partial charge in [-0.3, -0.25) is 4.79 Å². The minimum Gasteiger partial charge on any atom is -0.481 e. The van der Waals surface area contributed by atoms with Crippen LogP contribution in [0.4, 0.5) is 5.00 Å². The molecule has 184 valence electrons. The Labute approximate surface area is 215 Å². The minimum absolute atomic E-state index is 0.245. The smallest absolute Gasteiger partial charge is 0.341 e. The summed E-state index contributed by atoms with van der Waals surface area (Å²) in [5.41, 5.74) is 5.38. The molecular weight excluding hydrogens is 470 g/mol. The summed E-state index contributed by atoms with van der Waals surface area (Å²) in [7, 11) is 0. The van der Waals surface area contributed by atoms with Gasteiger partial charge in [-0.15, -0.1) is 11.3 Å². The Morgan fingerprint density at radius 2 is 1.50 bits per heavy atom. The van der Waals surface area contributed by atoms with Crippen LogP contribution >= 0.6 is 11.3 Å². The molecule has 0 aliphatic heterocycles. The molecule has 1 N–H and O–H groups in total. The standard InChI is InChI=1S/C30H29NO4S/c1-4-21-11-13-24(14-12-21)26-19-36-29(27(26)30(33)34-5-2)31-28(32)20(3)35-25-17-15-23(16-18-25)22-9-7-6-8-10-22/h6-20H,4-5H2,1-3H3,(H,31,32). The highest BCUT2D eigenvalue weighted by molar-refractivity contribution is 7.15. The molecule has 5 nitrogen and oxygen atoms in total. The Hall–Kier alpha value is -3.90. The van der Waals surface area contributed by atoms with Gasteiger partial charge in [0.25, 0.3) is 5.91 Å². The summed E-state index contributed by atoms with van der Waals surface area (Å²) in [6.45, 7) is 5.78. The van der Waals surface area contributed by atoms with Crippen LogP contribution in [0.15, 0.2) is 84.2 Å². The van der Waals surface area contributed by atoms with Crippen molar-refractivity contribution in [3.8, 4) is 28.0 Å². The fourth-order valence-electron chi connectivity index (χ4n) is 3.82. The molecule has 0 aliphatic rings. The molecule has 0 spiro atoms. The Morgan fingerprint density at radius 1 is 0.861 bits per heavy atom. The predicted molar refractivity (Wildman–Crippen MR) is 146 cm³/mol. The zero-order valence-corrected chi connectivity index (χ0v) is 21.4. The summed E-state index contributed by atoms with van der Waals surface area (Å²) in [5, 5.41) is 5.19. The van der Waals surface area contributed by atoms with Gasteiger partial charge in [0.1, 0.15) is 16.3 Å². The summed E-state index contributed by atoms with van der Waals surface area (Å²) >= 11 is 1.30. The fraction of sp³-hybridized carbons (Fsp3) is 0.200. The molecule has 1 aromatic heterocycles. The van der Waals surface area contributed by atoms with Crippen molar-refractivity contribution in [2.75, 3.05) is 11.9 Å². The van der Waals surface area contributed by atoms with Crippen LogP contribution in [-0.2, 0) is 16.0 Å². The molecule has 0 radical (unpaired) electrons. The number of hydrogen-bond acceptors (Lipinski definition) is 5. The lowest BCUT2D eigenvalue weighted by Gasteiger charge is -2.15. The van der Waals surface area contributed by atoms with Crippen LogP contribution in [0, 0.1) is 0 Å². The summed E-state index contributed by atoms with van der Waals surface area (Å²) in [5.74, 6) is -0.220. The van der Waals surface area contributed by atoms with Crippen molar-refractivity contribution < 1.29 is 19.1 Å². The van der Waals surface area contributed by atoms with E-state index in [0.717, 1.165) is 28.7 Å². The number of amides is 1. The van der Waals surface area contributed by atoms with Gasteiger partial charge in [0.05, 0.1) is 6.61 Å². The van der Waals surface area contributed by atoms with E-state index in [1.54, 1.807) is 13.8 Å². The number of nitrogens with one attached hydrogen (secondary N) is 1. The number of anilines is 1. The van der Waals surface area contributed by atoms with Crippen LogP contribution in [0.1, 0.15) is 36.7 Å². The number of esters is 1. The molecule has 0 aliphatic carbocycles. The van der Waals surface area contributed by atoms with Gasteiger partial charge in [0.15, 0.2) is 6.10 Å². The molecular formula is C30H29NO4S. The SMILES string of the molecule is CCOC(=O)c1c(-c2ccc(CC)cc2)csc1NC(=O)C(C)Oc1ccc(-c2ccccc2)cc1. The van der Waals surface area contributed by atoms with E-state index < -0.39 is 12.1 Å². The highest BCUT2D eigenvalue weighted by Gasteiger charge is 2.25. The number of thiophene rings is 1. The molecule has 1 atom stereocenters. The second-order valence-corrected chi connectivity index (χ2v) is 9.14. The van der Waals surface area contributed by atoms with E-state index in [-0.39, 0.29) is 12.5 Å². The van der Waals surface area contributed by atoms with Crippen molar-refractivity contribution in [2.24, 2.45) is 0 Å². The van der Waals surface area contributed by atoms with Crippen molar-refractivity contribution in [3.05, 3.63) is 95.4 Å². The average molecular weight is 500 g/mol. The van der Waals surface area contributed by atoms with Crippen molar-refractivity contribution in [1.82, 2.24) is 0 Å². The summed E-state index contributed by atoms with van der Waals surface area (Å²) < 4.78 is 11.2. The number of benzene rings is 3. The third kappa shape index (κ3) is 5.83. The second kappa shape index (κ2) is 11.7. The van der Waals surface area contributed by atoms with E-state index in [4.69, 9.17) is 9.47 Å². The first-order valence-electron chi connectivity index (χ1n) is 12.0. The Kier molecular flexibility index (Phi) is 8.18. The molecule has 1 unspecified atom stereocenters. The first kappa shape index (κ1) is 25.2. The van der Waals surface area contributed by atoms with Crippen LogP contribution in [-0.4, -0.2) is 24.6 Å². The number of carbonyl (C=O) groups excluding carboxylic acids is 2. The fourth-order valence-corrected chi connectivity index (χ4v) is 4.78.